The highest BCUT2D eigenvalue weighted by Crippen LogP contribution is 2.31. The van der Waals surface area contributed by atoms with Crippen LogP contribution in [0, 0.1) is 11.3 Å². The van der Waals surface area contributed by atoms with Crippen LogP contribution in [0.3, 0.4) is 0 Å². The summed E-state index contributed by atoms with van der Waals surface area (Å²) in [6.07, 6.45) is 6.75. The van der Waals surface area contributed by atoms with Crippen LogP contribution in [-0.4, -0.2) is 49.7 Å². The van der Waals surface area contributed by atoms with Crippen molar-refractivity contribution in [2.24, 2.45) is 0 Å². The lowest BCUT2D eigenvalue weighted by atomic mass is 10.0. The van der Waals surface area contributed by atoms with Gasteiger partial charge in [0.05, 0.1) is 18.3 Å². The van der Waals surface area contributed by atoms with E-state index in [0.29, 0.717) is 36.8 Å². The highest BCUT2D eigenvalue weighted by atomic mass is 16.2. The van der Waals surface area contributed by atoms with Gasteiger partial charge in [0.2, 0.25) is 0 Å². The molecule has 1 aliphatic rings. The van der Waals surface area contributed by atoms with Crippen molar-refractivity contribution in [3.05, 3.63) is 66.8 Å². The molecule has 0 radical (unpaired) electrons. The maximum atomic E-state index is 12.3. The van der Waals surface area contributed by atoms with E-state index in [-0.39, 0.29) is 17.5 Å². The van der Waals surface area contributed by atoms with E-state index in [1.165, 1.54) is 6.33 Å². The maximum absolute atomic E-state index is 12.3. The Labute approximate surface area is 186 Å². The van der Waals surface area contributed by atoms with Gasteiger partial charge in [0.15, 0.2) is 0 Å². The molecular formula is C23H24N8O. The zero-order valence-electron chi connectivity index (χ0n) is 17.6. The van der Waals surface area contributed by atoms with Gasteiger partial charge in [0.25, 0.3) is 5.91 Å². The van der Waals surface area contributed by atoms with Gasteiger partial charge in [0.1, 0.15) is 29.6 Å². The molecule has 1 amide bonds. The number of anilines is 2. The normalized spacial score (nSPS) is 15.7. The van der Waals surface area contributed by atoms with Gasteiger partial charge in [0, 0.05) is 30.9 Å². The Hall–Kier alpha value is -4.19. The number of carbonyl (C=O) groups excluding carboxylic acids is 1. The Bertz CT molecular complexity index is 1160. The second-order valence-corrected chi connectivity index (χ2v) is 7.72. The molecule has 1 aliphatic heterocycles. The predicted octanol–water partition coefficient (Wildman–Crippen LogP) is 2.45. The number of nitrogens with two attached hydrogens (primary N) is 1. The minimum Gasteiger partial charge on any atom is -0.383 e. The standard InChI is InChI=1S/C23H24N8O/c1-16(10-24)23(32)30-9-5-8-19(14-30)29-22-20(21(25)26-15-27-22)18-11-28-31(13-18)12-17-6-3-2-4-7-17/h2-4,6-7,11,13,15,19H,1,5,8-9,12,14H2,(H3,25,26,27,29). The lowest BCUT2D eigenvalue weighted by Gasteiger charge is -2.33. The van der Waals surface area contributed by atoms with Gasteiger partial charge in [-0.3, -0.25) is 9.48 Å². The molecule has 2 aromatic heterocycles. The highest BCUT2D eigenvalue weighted by molar-refractivity contribution is 5.96. The Balaban J connectivity index is 1.53. The number of nitrogens with zero attached hydrogens (tertiary/aromatic N) is 6. The number of benzene rings is 1. The number of nitriles is 1. The summed E-state index contributed by atoms with van der Waals surface area (Å²) < 4.78 is 1.84. The van der Waals surface area contributed by atoms with Crippen molar-refractivity contribution >= 4 is 17.5 Å². The third-order valence-electron chi connectivity index (χ3n) is 5.43. The summed E-state index contributed by atoms with van der Waals surface area (Å²) >= 11 is 0. The van der Waals surface area contributed by atoms with Gasteiger partial charge < -0.3 is 16.0 Å². The van der Waals surface area contributed by atoms with E-state index in [2.05, 4.69) is 27.0 Å². The van der Waals surface area contributed by atoms with Crippen molar-refractivity contribution in [3.8, 4) is 17.2 Å². The quantitative estimate of drug-likeness (QED) is 0.456. The van der Waals surface area contributed by atoms with Crippen molar-refractivity contribution in [1.29, 1.82) is 5.26 Å². The van der Waals surface area contributed by atoms with Crippen LogP contribution in [0.1, 0.15) is 18.4 Å². The van der Waals surface area contributed by atoms with Gasteiger partial charge in [-0.2, -0.15) is 10.4 Å². The molecule has 0 saturated carbocycles. The summed E-state index contributed by atoms with van der Waals surface area (Å²) in [6.45, 7) is 5.23. The third kappa shape index (κ3) is 4.59. The topological polar surface area (TPSA) is 126 Å². The smallest absolute Gasteiger partial charge is 0.263 e. The number of amides is 1. The minimum atomic E-state index is -0.330. The van der Waals surface area contributed by atoms with E-state index in [4.69, 9.17) is 11.0 Å². The first-order valence-electron chi connectivity index (χ1n) is 10.4. The summed E-state index contributed by atoms with van der Waals surface area (Å²) in [6, 6.07) is 11.9. The second kappa shape index (κ2) is 9.31. The van der Waals surface area contributed by atoms with E-state index in [9.17, 15) is 4.79 Å². The molecule has 1 saturated heterocycles. The molecule has 9 nitrogen and oxygen atoms in total. The average molecular weight is 429 g/mol. The third-order valence-corrected chi connectivity index (χ3v) is 5.43. The van der Waals surface area contributed by atoms with Gasteiger partial charge in [-0.1, -0.05) is 36.9 Å². The van der Waals surface area contributed by atoms with Gasteiger partial charge in [-0.25, -0.2) is 9.97 Å². The van der Waals surface area contributed by atoms with E-state index >= 15 is 0 Å². The van der Waals surface area contributed by atoms with E-state index in [1.807, 2.05) is 47.3 Å². The average Bonchev–Trinajstić information content (AvgIpc) is 3.26. The summed E-state index contributed by atoms with van der Waals surface area (Å²) in [5.41, 5.74) is 8.79. The van der Waals surface area contributed by atoms with Crippen LogP contribution < -0.4 is 11.1 Å². The van der Waals surface area contributed by atoms with Crippen LogP contribution in [0.4, 0.5) is 11.6 Å². The Morgan fingerprint density at radius 1 is 1.31 bits per heavy atom. The monoisotopic (exact) mass is 428 g/mol. The van der Waals surface area contributed by atoms with Crippen LogP contribution in [0.2, 0.25) is 0 Å². The minimum absolute atomic E-state index is 0.0355. The fraction of sp³-hybridized carbons (Fsp3) is 0.261. The van der Waals surface area contributed by atoms with Gasteiger partial charge in [-0.15, -0.1) is 0 Å². The zero-order valence-corrected chi connectivity index (χ0v) is 17.6. The largest absolute Gasteiger partial charge is 0.383 e. The van der Waals surface area contributed by atoms with Crippen molar-refractivity contribution in [1.82, 2.24) is 24.6 Å². The van der Waals surface area contributed by atoms with Crippen LogP contribution in [0.5, 0.6) is 0 Å². The Morgan fingerprint density at radius 3 is 2.91 bits per heavy atom. The van der Waals surface area contributed by atoms with Crippen LogP contribution in [0.25, 0.3) is 11.1 Å². The Morgan fingerprint density at radius 2 is 2.12 bits per heavy atom. The second-order valence-electron chi connectivity index (χ2n) is 7.72. The molecule has 3 N–H and O–H groups in total. The molecule has 9 heteroatoms. The fourth-order valence-electron chi connectivity index (χ4n) is 3.85. The number of hydrogen-bond donors (Lipinski definition) is 2. The van der Waals surface area contributed by atoms with Crippen LogP contribution in [-0.2, 0) is 11.3 Å². The maximum Gasteiger partial charge on any atom is 0.263 e. The molecule has 0 aliphatic carbocycles. The lowest BCUT2D eigenvalue weighted by Crippen LogP contribution is -2.45. The molecule has 0 bridgehead atoms. The van der Waals surface area contributed by atoms with E-state index < -0.39 is 0 Å². The van der Waals surface area contributed by atoms with Crippen LogP contribution in [0.15, 0.2) is 61.2 Å². The number of piperidine rings is 1. The SMILES string of the molecule is C=C(C#N)C(=O)N1CCCC(Nc2ncnc(N)c2-c2cnn(Cc3ccccc3)c2)C1. The molecule has 3 aromatic rings. The number of nitrogen functional groups attached to an aromatic ring is 1. The number of hydrogen-bond acceptors (Lipinski definition) is 7. The van der Waals surface area contributed by atoms with Crippen molar-refractivity contribution in [2.45, 2.75) is 25.4 Å². The van der Waals surface area contributed by atoms with Gasteiger partial charge >= 0.3 is 0 Å². The first-order chi connectivity index (χ1) is 15.5. The molecule has 3 heterocycles. The van der Waals surface area contributed by atoms with Crippen molar-refractivity contribution in [3.63, 3.8) is 0 Å². The Kier molecular flexibility index (Phi) is 6.12. The molecule has 32 heavy (non-hydrogen) atoms. The molecule has 1 unspecified atom stereocenters. The molecule has 0 spiro atoms. The van der Waals surface area contributed by atoms with Gasteiger partial charge in [-0.05, 0) is 18.4 Å². The molecule has 1 fully saturated rings. The molecule has 162 valence electrons. The number of rotatable bonds is 6. The summed E-state index contributed by atoms with van der Waals surface area (Å²) in [4.78, 5) is 22.6. The van der Waals surface area contributed by atoms with E-state index in [0.717, 1.165) is 24.0 Å². The highest BCUT2D eigenvalue weighted by Gasteiger charge is 2.26. The number of likely N-dealkylation sites (tertiary alicyclic amines) is 1. The molecule has 1 atom stereocenters. The van der Waals surface area contributed by atoms with Crippen molar-refractivity contribution in [2.75, 3.05) is 24.1 Å². The molecule has 1 aromatic carbocycles. The van der Waals surface area contributed by atoms with Crippen molar-refractivity contribution < 1.29 is 4.79 Å². The number of carbonyl (C=O) groups is 1. The number of nitrogens with one attached hydrogen (secondary N) is 1. The first-order valence-corrected chi connectivity index (χ1v) is 10.4. The lowest BCUT2D eigenvalue weighted by molar-refractivity contribution is -0.127. The number of aromatic nitrogens is 4. The van der Waals surface area contributed by atoms with E-state index in [1.54, 1.807) is 11.1 Å². The summed E-state index contributed by atoms with van der Waals surface area (Å²) in [7, 11) is 0. The predicted molar refractivity (Wildman–Crippen MR) is 121 cm³/mol. The molecule has 4 rings (SSSR count). The molecular weight excluding hydrogens is 404 g/mol. The summed E-state index contributed by atoms with van der Waals surface area (Å²) in [5.74, 6) is 0.613. The first kappa shape index (κ1) is 21.1. The van der Waals surface area contributed by atoms with Crippen LogP contribution >= 0.6 is 0 Å². The fourth-order valence-corrected chi connectivity index (χ4v) is 3.85. The summed E-state index contributed by atoms with van der Waals surface area (Å²) in [5, 5.41) is 16.9. The zero-order chi connectivity index (χ0) is 22.5.